The molecule has 3 rings (SSSR count). The van der Waals surface area contributed by atoms with E-state index in [1.165, 1.54) is 0 Å². The number of ether oxygens (including phenoxy) is 1. The van der Waals surface area contributed by atoms with Crippen LogP contribution in [0.3, 0.4) is 0 Å². The number of rotatable bonds is 5. The molecule has 29 heavy (non-hydrogen) atoms. The predicted molar refractivity (Wildman–Crippen MR) is 107 cm³/mol. The Morgan fingerprint density at radius 1 is 1.21 bits per heavy atom. The maximum atomic E-state index is 13.0. The first-order valence-corrected chi connectivity index (χ1v) is 9.64. The summed E-state index contributed by atoms with van der Waals surface area (Å²) in [5.41, 5.74) is -0.855. The maximum absolute atomic E-state index is 13.0. The highest BCUT2D eigenvalue weighted by Gasteiger charge is 2.47. The molecule has 3 N–H and O–H groups in total. The number of hydrogen-bond acceptors (Lipinski definition) is 5. The van der Waals surface area contributed by atoms with Crippen molar-refractivity contribution >= 4 is 17.8 Å². The van der Waals surface area contributed by atoms with Crippen molar-refractivity contribution in [2.75, 3.05) is 7.11 Å². The summed E-state index contributed by atoms with van der Waals surface area (Å²) in [5.74, 6) is -2.64. The number of benzene rings is 1. The van der Waals surface area contributed by atoms with Crippen LogP contribution in [-0.2, 0) is 19.1 Å². The number of nitrogens with one attached hydrogen (secondary N) is 2. The van der Waals surface area contributed by atoms with E-state index in [4.69, 9.17) is 0 Å². The lowest BCUT2D eigenvalue weighted by Gasteiger charge is -2.28. The van der Waals surface area contributed by atoms with E-state index < -0.39 is 29.4 Å². The van der Waals surface area contributed by atoms with Gasteiger partial charge >= 0.3 is 5.97 Å². The van der Waals surface area contributed by atoms with Gasteiger partial charge in [0.1, 0.15) is 6.04 Å². The highest BCUT2D eigenvalue weighted by atomic mass is 16.5. The van der Waals surface area contributed by atoms with Crippen LogP contribution >= 0.6 is 0 Å². The van der Waals surface area contributed by atoms with E-state index in [1.807, 2.05) is 36.4 Å². The number of amides is 2. The molecule has 0 spiro atoms. The van der Waals surface area contributed by atoms with Crippen LogP contribution in [0.25, 0.3) is 0 Å². The van der Waals surface area contributed by atoms with Gasteiger partial charge in [-0.15, -0.1) is 0 Å². The molecule has 1 aliphatic heterocycles. The van der Waals surface area contributed by atoms with E-state index in [-0.39, 0.29) is 24.3 Å². The minimum Gasteiger partial charge on any atom is -0.466 e. The van der Waals surface area contributed by atoms with Crippen LogP contribution in [0.15, 0.2) is 48.6 Å². The fourth-order valence-corrected chi connectivity index (χ4v) is 3.93. The molecule has 7 nitrogen and oxygen atoms in total. The summed E-state index contributed by atoms with van der Waals surface area (Å²) in [6.07, 6.45) is 7.55. The molecule has 3 unspecified atom stereocenters. The second kappa shape index (κ2) is 8.21. The molecule has 154 valence electrons. The zero-order valence-electron chi connectivity index (χ0n) is 16.7. The summed E-state index contributed by atoms with van der Waals surface area (Å²) in [6, 6.07) is 6.06. The summed E-state index contributed by atoms with van der Waals surface area (Å²) in [4.78, 5) is 38.2. The Bertz CT molecular complexity index is 876. The lowest BCUT2D eigenvalue weighted by Crippen LogP contribution is -2.56. The topological polar surface area (TPSA) is 105 Å². The van der Waals surface area contributed by atoms with E-state index >= 15 is 0 Å². The molecule has 2 amide bonds. The number of fused-ring (bicyclic) bond motifs is 3. The maximum Gasteiger partial charge on any atom is 0.347 e. The molecular formula is C22H26N2O5. The lowest BCUT2D eigenvalue weighted by atomic mass is 9.85. The fraction of sp³-hybridized carbons (Fsp3) is 0.409. The second-order valence-electron chi connectivity index (χ2n) is 7.82. The average molecular weight is 398 g/mol. The molecule has 0 fully saturated rings. The molecule has 4 atom stereocenters. The van der Waals surface area contributed by atoms with Crippen molar-refractivity contribution in [1.82, 2.24) is 10.6 Å². The molecule has 0 bridgehead atoms. The van der Waals surface area contributed by atoms with E-state index in [2.05, 4.69) is 15.4 Å². The Balaban J connectivity index is 1.98. The summed E-state index contributed by atoms with van der Waals surface area (Å²) < 4.78 is 4.66. The van der Waals surface area contributed by atoms with Crippen molar-refractivity contribution in [3.8, 4) is 0 Å². The van der Waals surface area contributed by atoms with E-state index in [1.54, 1.807) is 26.0 Å². The van der Waals surface area contributed by atoms with Crippen LogP contribution in [0.2, 0.25) is 0 Å². The average Bonchev–Trinajstić information content (AvgIpc) is 2.81. The van der Waals surface area contributed by atoms with Gasteiger partial charge in [-0.25, -0.2) is 4.79 Å². The zero-order valence-corrected chi connectivity index (χ0v) is 16.7. The van der Waals surface area contributed by atoms with Crippen LogP contribution in [0.1, 0.15) is 43.4 Å². The Morgan fingerprint density at radius 3 is 2.52 bits per heavy atom. The van der Waals surface area contributed by atoms with Crippen LogP contribution in [0.4, 0.5) is 0 Å². The smallest absolute Gasteiger partial charge is 0.347 e. The van der Waals surface area contributed by atoms with E-state index in [0.29, 0.717) is 5.56 Å². The summed E-state index contributed by atoms with van der Waals surface area (Å²) >= 11 is 0. The van der Waals surface area contributed by atoms with Gasteiger partial charge in [0.25, 0.3) is 5.91 Å². The van der Waals surface area contributed by atoms with Crippen LogP contribution in [-0.4, -0.2) is 41.6 Å². The van der Waals surface area contributed by atoms with Gasteiger partial charge in [0, 0.05) is 5.92 Å². The van der Waals surface area contributed by atoms with Crippen molar-refractivity contribution < 1.29 is 24.2 Å². The molecule has 0 saturated heterocycles. The van der Waals surface area contributed by atoms with Crippen molar-refractivity contribution in [2.45, 2.75) is 43.9 Å². The van der Waals surface area contributed by atoms with E-state index in [0.717, 1.165) is 12.7 Å². The Labute approximate surface area is 169 Å². The molecule has 1 aromatic rings. The monoisotopic (exact) mass is 398 g/mol. The first kappa shape index (κ1) is 20.8. The molecular weight excluding hydrogens is 372 g/mol. The molecule has 2 aliphatic rings. The Kier molecular flexibility index (Phi) is 5.88. The van der Waals surface area contributed by atoms with Crippen molar-refractivity contribution in [3.63, 3.8) is 0 Å². The van der Waals surface area contributed by atoms with Crippen LogP contribution < -0.4 is 10.6 Å². The van der Waals surface area contributed by atoms with Crippen LogP contribution in [0, 0.1) is 5.92 Å². The summed E-state index contributed by atoms with van der Waals surface area (Å²) in [7, 11) is 1.11. The van der Waals surface area contributed by atoms with Crippen molar-refractivity contribution in [1.29, 1.82) is 0 Å². The molecule has 0 aromatic heterocycles. The molecule has 7 heteroatoms. The number of methoxy groups -OCH3 is 1. The second-order valence-corrected chi connectivity index (χ2v) is 7.82. The normalized spacial score (nSPS) is 24.6. The molecule has 1 aromatic carbocycles. The number of esters is 1. The van der Waals surface area contributed by atoms with Gasteiger partial charge < -0.3 is 20.5 Å². The molecule has 1 heterocycles. The van der Waals surface area contributed by atoms with E-state index in [9.17, 15) is 19.5 Å². The lowest BCUT2D eigenvalue weighted by molar-refractivity contribution is -0.171. The zero-order chi connectivity index (χ0) is 21.2. The van der Waals surface area contributed by atoms with Gasteiger partial charge in [-0.05, 0) is 23.5 Å². The Morgan fingerprint density at radius 2 is 1.86 bits per heavy atom. The van der Waals surface area contributed by atoms with Crippen molar-refractivity contribution in [2.24, 2.45) is 5.92 Å². The Hall–Kier alpha value is -2.93. The number of hydrogen-bond donors (Lipinski definition) is 3. The van der Waals surface area contributed by atoms with Gasteiger partial charge in [0.15, 0.2) is 0 Å². The fourth-order valence-electron chi connectivity index (χ4n) is 3.93. The quantitative estimate of drug-likeness (QED) is 0.515. The highest BCUT2D eigenvalue weighted by Crippen LogP contribution is 2.34. The van der Waals surface area contributed by atoms with Gasteiger partial charge in [0.05, 0.1) is 13.2 Å². The third-order valence-electron chi connectivity index (χ3n) is 5.25. The van der Waals surface area contributed by atoms with Crippen LogP contribution in [0.5, 0.6) is 0 Å². The summed E-state index contributed by atoms with van der Waals surface area (Å²) in [6.45, 7) is 3.55. The molecule has 0 saturated carbocycles. The molecule has 0 radical (unpaired) electrons. The van der Waals surface area contributed by atoms with Gasteiger partial charge in [-0.1, -0.05) is 62.4 Å². The molecule has 1 aliphatic carbocycles. The highest BCUT2D eigenvalue weighted by molar-refractivity contribution is 6.07. The number of allylic oxidation sites excluding steroid dienone is 2. The van der Waals surface area contributed by atoms with Gasteiger partial charge in [-0.2, -0.15) is 0 Å². The predicted octanol–water partition coefficient (Wildman–Crippen LogP) is 1.50. The standard InChI is InChI=1S/C22H26N2O5/c1-13(2)12-22(28,21(27)29-3)20(26)24-18-16-10-5-4-8-14(16)15-9-6-7-11-17(15)23-19(18)25/h4-11,13,15,17-18,28H,12H2,1-3H3,(H,23,25)(H,24,26)/t15?,17?,18-,22?/m0/s1. The first-order chi connectivity index (χ1) is 13.8. The van der Waals surface area contributed by atoms with Gasteiger partial charge in [-0.3, -0.25) is 9.59 Å². The third-order valence-corrected chi connectivity index (χ3v) is 5.25. The minimum absolute atomic E-state index is 0.0720. The van der Waals surface area contributed by atoms with Gasteiger partial charge in [0.2, 0.25) is 11.5 Å². The minimum atomic E-state index is -2.38. The summed E-state index contributed by atoms with van der Waals surface area (Å²) in [5, 5.41) is 16.3. The van der Waals surface area contributed by atoms with Crippen molar-refractivity contribution in [3.05, 3.63) is 59.7 Å². The SMILES string of the molecule is COC(=O)C(O)(CC(C)C)C(=O)N[C@@H]1C(=O)NC2C=CC=CC2c2ccccc21. The number of aliphatic hydroxyl groups is 1. The first-order valence-electron chi connectivity index (χ1n) is 9.64. The largest absolute Gasteiger partial charge is 0.466 e. The number of carbonyl (C=O) groups is 3. The number of carbonyl (C=O) groups excluding carboxylic acids is 3. The third kappa shape index (κ3) is 3.96.